The van der Waals surface area contributed by atoms with Gasteiger partial charge in [0.1, 0.15) is 12.0 Å². The van der Waals surface area contributed by atoms with Crippen molar-refractivity contribution in [2.45, 2.75) is 19.1 Å². The molecule has 2 unspecified atom stereocenters. The standard InChI is InChI=1S/C20H23FN4/c1-15(16-6-8-17(21)9-7-16)24-10-12-25(13-11-24)20-14-22-18-4-2-3-5-19(18)23-20/h2-9,14-15,20,23H,10-13H2,1H3. The van der Waals surface area contributed by atoms with Gasteiger partial charge in [-0.1, -0.05) is 24.3 Å². The number of benzene rings is 2. The lowest BCUT2D eigenvalue weighted by molar-refractivity contribution is 0.0969. The molecule has 0 amide bonds. The number of rotatable bonds is 3. The lowest BCUT2D eigenvalue weighted by Gasteiger charge is -2.41. The highest BCUT2D eigenvalue weighted by Gasteiger charge is 2.27. The number of halogens is 1. The zero-order chi connectivity index (χ0) is 17.2. The summed E-state index contributed by atoms with van der Waals surface area (Å²) in [4.78, 5) is 9.46. The number of anilines is 1. The van der Waals surface area contributed by atoms with Crippen molar-refractivity contribution in [2.24, 2.45) is 4.99 Å². The first kappa shape index (κ1) is 16.2. The predicted molar refractivity (Wildman–Crippen MR) is 100.0 cm³/mol. The Bertz CT molecular complexity index is 751. The fraction of sp³-hybridized carbons (Fsp3) is 0.350. The molecule has 0 radical (unpaired) electrons. The van der Waals surface area contributed by atoms with Gasteiger partial charge < -0.3 is 5.32 Å². The molecule has 2 atom stereocenters. The highest BCUT2D eigenvalue weighted by Crippen LogP contribution is 2.29. The number of nitrogens with zero attached hydrogens (tertiary/aromatic N) is 3. The molecular weight excluding hydrogens is 315 g/mol. The molecule has 0 saturated carbocycles. The second kappa shape index (κ2) is 6.94. The van der Waals surface area contributed by atoms with Gasteiger partial charge in [0.05, 0.1) is 11.4 Å². The Kier molecular flexibility index (Phi) is 4.51. The van der Waals surface area contributed by atoms with E-state index in [0.29, 0.717) is 6.04 Å². The summed E-state index contributed by atoms with van der Waals surface area (Å²) in [5.74, 6) is -0.177. The van der Waals surface area contributed by atoms with Crippen molar-refractivity contribution < 1.29 is 4.39 Å². The number of piperazine rings is 1. The third kappa shape index (κ3) is 3.43. The van der Waals surface area contributed by atoms with Crippen molar-refractivity contribution >= 4 is 17.6 Å². The molecule has 1 saturated heterocycles. The normalized spacial score (nSPS) is 22.2. The van der Waals surface area contributed by atoms with Crippen LogP contribution in [0.3, 0.4) is 0 Å². The van der Waals surface area contributed by atoms with Crippen molar-refractivity contribution in [2.75, 3.05) is 31.5 Å². The molecule has 1 fully saturated rings. The van der Waals surface area contributed by atoms with Crippen molar-refractivity contribution in [3.8, 4) is 0 Å². The minimum Gasteiger partial charge on any atom is -0.363 e. The first-order valence-corrected chi connectivity index (χ1v) is 8.84. The summed E-state index contributed by atoms with van der Waals surface area (Å²) < 4.78 is 13.1. The van der Waals surface area contributed by atoms with Crippen LogP contribution in [0, 0.1) is 5.82 Å². The molecule has 2 heterocycles. The molecule has 25 heavy (non-hydrogen) atoms. The fourth-order valence-corrected chi connectivity index (χ4v) is 3.60. The average molecular weight is 338 g/mol. The molecule has 0 spiro atoms. The fourth-order valence-electron chi connectivity index (χ4n) is 3.60. The van der Waals surface area contributed by atoms with Gasteiger partial charge in [-0.2, -0.15) is 0 Å². The van der Waals surface area contributed by atoms with E-state index in [4.69, 9.17) is 0 Å². The van der Waals surface area contributed by atoms with Crippen LogP contribution in [0.5, 0.6) is 0 Å². The van der Waals surface area contributed by atoms with E-state index in [0.717, 1.165) is 37.6 Å². The lowest BCUT2D eigenvalue weighted by Crippen LogP contribution is -2.53. The monoisotopic (exact) mass is 338 g/mol. The number of hydrogen-bond acceptors (Lipinski definition) is 4. The van der Waals surface area contributed by atoms with Gasteiger partial charge in [-0.05, 0) is 36.8 Å². The molecule has 0 aliphatic carbocycles. The topological polar surface area (TPSA) is 30.9 Å². The lowest BCUT2D eigenvalue weighted by atomic mass is 10.1. The Morgan fingerprint density at radius 1 is 1.04 bits per heavy atom. The van der Waals surface area contributed by atoms with Gasteiger partial charge in [-0.15, -0.1) is 0 Å². The first-order chi connectivity index (χ1) is 12.2. The largest absolute Gasteiger partial charge is 0.363 e. The van der Waals surface area contributed by atoms with Crippen molar-refractivity contribution in [3.63, 3.8) is 0 Å². The SMILES string of the molecule is CC(c1ccc(F)cc1)N1CCN(C2C=Nc3ccccc3N2)CC1. The van der Waals surface area contributed by atoms with Gasteiger partial charge >= 0.3 is 0 Å². The van der Waals surface area contributed by atoms with Gasteiger partial charge in [0, 0.05) is 38.4 Å². The van der Waals surface area contributed by atoms with Gasteiger partial charge in [-0.3, -0.25) is 14.8 Å². The number of para-hydroxylation sites is 2. The molecule has 0 bridgehead atoms. The summed E-state index contributed by atoms with van der Waals surface area (Å²) in [6.07, 6.45) is 2.15. The van der Waals surface area contributed by atoms with Crippen LogP contribution >= 0.6 is 0 Å². The van der Waals surface area contributed by atoms with E-state index in [-0.39, 0.29) is 12.0 Å². The number of hydrogen-bond donors (Lipinski definition) is 1. The molecule has 2 aliphatic heterocycles. The van der Waals surface area contributed by atoms with Crippen LogP contribution in [-0.4, -0.2) is 48.4 Å². The van der Waals surface area contributed by atoms with Gasteiger partial charge in [0.2, 0.25) is 0 Å². The van der Waals surface area contributed by atoms with E-state index in [1.54, 1.807) is 12.1 Å². The summed E-state index contributed by atoms with van der Waals surface area (Å²) in [6, 6.07) is 15.3. The Labute approximate surface area is 148 Å². The zero-order valence-corrected chi connectivity index (χ0v) is 14.4. The molecule has 5 heteroatoms. The highest BCUT2D eigenvalue weighted by molar-refractivity contribution is 5.82. The minimum atomic E-state index is -0.177. The Morgan fingerprint density at radius 2 is 1.76 bits per heavy atom. The second-order valence-corrected chi connectivity index (χ2v) is 6.68. The molecular formula is C20H23FN4. The molecule has 2 aliphatic rings. The molecule has 4 nitrogen and oxygen atoms in total. The summed E-state index contributed by atoms with van der Waals surface area (Å²) >= 11 is 0. The quantitative estimate of drug-likeness (QED) is 0.927. The summed E-state index contributed by atoms with van der Waals surface area (Å²) in [6.45, 7) is 6.15. The molecule has 1 N–H and O–H groups in total. The van der Waals surface area contributed by atoms with E-state index in [2.05, 4.69) is 33.1 Å². The molecule has 0 aromatic heterocycles. The maximum atomic E-state index is 13.1. The van der Waals surface area contributed by atoms with Crippen molar-refractivity contribution in [1.29, 1.82) is 0 Å². The Balaban J connectivity index is 1.37. The minimum absolute atomic E-state index is 0.151. The van der Waals surface area contributed by atoms with Crippen LogP contribution in [0.15, 0.2) is 53.5 Å². The third-order valence-corrected chi connectivity index (χ3v) is 5.20. The summed E-state index contributed by atoms with van der Waals surface area (Å²) in [7, 11) is 0. The Morgan fingerprint density at radius 3 is 2.52 bits per heavy atom. The van der Waals surface area contributed by atoms with Crippen molar-refractivity contribution in [1.82, 2.24) is 9.80 Å². The predicted octanol–water partition coefficient (Wildman–Crippen LogP) is 3.66. The zero-order valence-electron chi connectivity index (χ0n) is 14.4. The van der Waals surface area contributed by atoms with Crippen LogP contribution in [0.1, 0.15) is 18.5 Å². The summed E-state index contributed by atoms with van der Waals surface area (Å²) in [5, 5.41) is 3.57. The van der Waals surface area contributed by atoms with Gasteiger partial charge in [0.25, 0.3) is 0 Å². The van der Waals surface area contributed by atoms with Crippen LogP contribution in [0.25, 0.3) is 0 Å². The van der Waals surface area contributed by atoms with E-state index >= 15 is 0 Å². The van der Waals surface area contributed by atoms with E-state index in [1.807, 2.05) is 36.5 Å². The van der Waals surface area contributed by atoms with E-state index < -0.39 is 0 Å². The maximum Gasteiger partial charge on any atom is 0.123 e. The number of aliphatic imine (C=N–C) groups is 1. The Hall–Kier alpha value is -2.24. The third-order valence-electron chi connectivity index (χ3n) is 5.20. The van der Waals surface area contributed by atoms with Crippen LogP contribution in [-0.2, 0) is 0 Å². The number of nitrogens with one attached hydrogen (secondary N) is 1. The smallest absolute Gasteiger partial charge is 0.123 e. The van der Waals surface area contributed by atoms with Crippen LogP contribution < -0.4 is 5.32 Å². The molecule has 130 valence electrons. The van der Waals surface area contributed by atoms with Gasteiger partial charge in [-0.25, -0.2) is 4.39 Å². The summed E-state index contributed by atoms with van der Waals surface area (Å²) in [5.41, 5.74) is 3.26. The van der Waals surface area contributed by atoms with E-state index in [9.17, 15) is 4.39 Å². The van der Waals surface area contributed by atoms with Crippen LogP contribution in [0.2, 0.25) is 0 Å². The molecule has 4 rings (SSSR count). The van der Waals surface area contributed by atoms with Gasteiger partial charge in [0.15, 0.2) is 0 Å². The van der Waals surface area contributed by atoms with E-state index in [1.165, 1.54) is 5.56 Å². The maximum absolute atomic E-state index is 13.1. The first-order valence-electron chi connectivity index (χ1n) is 8.84. The van der Waals surface area contributed by atoms with Crippen LogP contribution in [0.4, 0.5) is 15.8 Å². The average Bonchev–Trinajstić information content (AvgIpc) is 2.68. The van der Waals surface area contributed by atoms with Crippen molar-refractivity contribution in [3.05, 3.63) is 59.9 Å². The number of fused-ring (bicyclic) bond motifs is 1. The highest BCUT2D eigenvalue weighted by atomic mass is 19.1. The second-order valence-electron chi connectivity index (χ2n) is 6.68. The molecule has 2 aromatic carbocycles. The molecule has 2 aromatic rings.